The molecule has 6 nitrogen and oxygen atoms in total. The number of aliphatic imine (C=N–C) groups is 1. The second-order valence-electron chi connectivity index (χ2n) is 9.65. The molecule has 1 aliphatic carbocycles. The first-order valence-corrected chi connectivity index (χ1v) is 15.1. The van der Waals surface area contributed by atoms with E-state index in [-0.39, 0.29) is 28.4 Å². The Balaban J connectivity index is 1.74. The normalized spacial score (nSPS) is 26.5. The highest BCUT2D eigenvalue weighted by molar-refractivity contribution is 8.15. The molecule has 9 heteroatoms. The summed E-state index contributed by atoms with van der Waals surface area (Å²) in [6.07, 6.45) is 5.63. The predicted molar refractivity (Wildman–Crippen MR) is 128 cm³/mol. The van der Waals surface area contributed by atoms with Crippen LogP contribution in [0.3, 0.4) is 0 Å². The standard InChI is InChI=1S/C23H31FN2O4SSi/c1-7-16-8-9-18(24)17(12-16)22(2)19-13-23(19,14-28-3)31-21(26-22)30-20(27)25-15-29-10-11-32(4,5)6/h1,8-9,12,19H,10-11,13-15H2,2-6H3,(H,25,27)/t19?,22-,23-/m1/s1. The van der Waals surface area contributed by atoms with Gasteiger partial charge in [0.15, 0.2) is 0 Å². The van der Waals surface area contributed by atoms with E-state index in [1.54, 1.807) is 19.2 Å². The molecule has 1 fully saturated rings. The highest BCUT2D eigenvalue weighted by Gasteiger charge is 2.67. The molecule has 174 valence electrons. The van der Waals surface area contributed by atoms with Gasteiger partial charge in [0.05, 0.1) is 16.9 Å². The summed E-state index contributed by atoms with van der Waals surface area (Å²) in [5, 5.41) is 2.78. The number of alkyl carbamates (subject to hydrolysis) is 1. The van der Waals surface area contributed by atoms with Crippen LogP contribution in [0.4, 0.5) is 9.18 Å². The van der Waals surface area contributed by atoms with E-state index in [0.717, 1.165) is 12.5 Å². The summed E-state index contributed by atoms with van der Waals surface area (Å²) in [7, 11) is 0.428. The molecule has 1 amide bonds. The number of hydrogen-bond donors (Lipinski definition) is 1. The average molecular weight is 479 g/mol. The Morgan fingerprint density at radius 1 is 1.44 bits per heavy atom. The van der Waals surface area contributed by atoms with Crippen molar-refractivity contribution < 1.29 is 23.4 Å². The lowest BCUT2D eigenvalue weighted by atomic mass is 9.85. The maximum absolute atomic E-state index is 14.8. The average Bonchev–Trinajstić information content (AvgIpc) is 3.42. The lowest BCUT2D eigenvalue weighted by molar-refractivity contribution is 0.120. The quantitative estimate of drug-likeness (QED) is 0.257. The first kappa shape index (κ1) is 24.8. The summed E-state index contributed by atoms with van der Waals surface area (Å²) in [5.41, 5.74) is 0.0432. The largest absolute Gasteiger partial charge is 0.416 e. The third-order valence-electron chi connectivity index (χ3n) is 5.88. The monoisotopic (exact) mass is 478 g/mol. The zero-order valence-electron chi connectivity index (χ0n) is 19.3. The van der Waals surface area contributed by atoms with Gasteiger partial charge >= 0.3 is 6.09 Å². The first-order valence-electron chi connectivity index (χ1n) is 10.6. The van der Waals surface area contributed by atoms with E-state index in [2.05, 4.69) is 35.9 Å². The molecule has 0 saturated heterocycles. The lowest BCUT2D eigenvalue weighted by Crippen LogP contribution is -2.38. The van der Waals surface area contributed by atoms with Gasteiger partial charge in [-0.2, -0.15) is 0 Å². The van der Waals surface area contributed by atoms with E-state index < -0.39 is 19.7 Å². The topological polar surface area (TPSA) is 69.2 Å². The van der Waals surface area contributed by atoms with Crippen molar-refractivity contribution in [3.05, 3.63) is 35.1 Å². The number of terminal acetylenes is 1. The zero-order valence-corrected chi connectivity index (χ0v) is 21.1. The SMILES string of the molecule is C#Cc1ccc(F)c([C@@]2(C)N=C(OC(=O)NCOCC[Si](C)(C)C)S[C@@]3(COC)CC32)c1. The van der Waals surface area contributed by atoms with Crippen molar-refractivity contribution in [2.45, 2.75) is 49.3 Å². The number of ether oxygens (including phenoxy) is 3. The van der Waals surface area contributed by atoms with Crippen LogP contribution in [0.2, 0.25) is 25.7 Å². The minimum absolute atomic E-state index is 0.0304. The van der Waals surface area contributed by atoms with Crippen LogP contribution >= 0.6 is 11.8 Å². The van der Waals surface area contributed by atoms with Crippen LogP contribution in [0, 0.1) is 24.1 Å². The summed E-state index contributed by atoms with van der Waals surface area (Å²) in [4.78, 5) is 17.0. The van der Waals surface area contributed by atoms with Crippen LogP contribution in [-0.2, 0) is 19.7 Å². The maximum Gasteiger partial charge on any atom is 0.416 e. The van der Waals surface area contributed by atoms with Crippen LogP contribution in [-0.4, -0.2) is 51.2 Å². The van der Waals surface area contributed by atoms with Crippen molar-refractivity contribution in [2.24, 2.45) is 10.9 Å². The molecular formula is C23H31FN2O4SSi. The summed E-state index contributed by atoms with van der Waals surface area (Å²) in [6.45, 7) is 9.73. The molecule has 3 rings (SSSR count). The van der Waals surface area contributed by atoms with Crippen molar-refractivity contribution in [2.75, 3.05) is 27.1 Å². The number of thioether (sulfide) groups is 1. The fourth-order valence-electron chi connectivity index (χ4n) is 3.98. The van der Waals surface area contributed by atoms with E-state index in [1.807, 2.05) is 6.92 Å². The third-order valence-corrected chi connectivity index (χ3v) is 8.91. The number of rotatable bonds is 8. The second-order valence-corrected chi connectivity index (χ2v) is 16.6. The lowest BCUT2D eigenvalue weighted by Gasteiger charge is -2.34. The number of methoxy groups -OCH3 is 1. The smallest absolute Gasteiger partial charge is 0.385 e. The van der Waals surface area contributed by atoms with Gasteiger partial charge in [-0.25, -0.2) is 14.2 Å². The molecule has 2 aliphatic rings. The van der Waals surface area contributed by atoms with Gasteiger partial charge in [-0.15, -0.1) is 6.42 Å². The van der Waals surface area contributed by atoms with Gasteiger partial charge in [-0.3, -0.25) is 5.32 Å². The second kappa shape index (κ2) is 9.55. The first-order chi connectivity index (χ1) is 15.0. The molecule has 1 unspecified atom stereocenters. The third kappa shape index (κ3) is 5.54. The predicted octanol–water partition coefficient (Wildman–Crippen LogP) is 4.57. The fourth-order valence-corrected chi connectivity index (χ4v) is 6.23. The van der Waals surface area contributed by atoms with Gasteiger partial charge < -0.3 is 14.2 Å². The molecule has 1 N–H and O–H groups in total. The Hall–Kier alpha value is -1.86. The van der Waals surface area contributed by atoms with Crippen molar-refractivity contribution >= 4 is 31.2 Å². The number of amides is 1. The van der Waals surface area contributed by atoms with Crippen LogP contribution < -0.4 is 5.32 Å². The molecule has 1 aliphatic heterocycles. The van der Waals surface area contributed by atoms with E-state index in [9.17, 15) is 9.18 Å². The molecule has 1 aromatic carbocycles. The molecule has 32 heavy (non-hydrogen) atoms. The Bertz CT molecular complexity index is 945. The maximum atomic E-state index is 14.8. The Morgan fingerprint density at radius 2 is 2.19 bits per heavy atom. The number of nitrogens with zero attached hydrogens (tertiary/aromatic N) is 1. The van der Waals surface area contributed by atoms with Gasteiger partial charge in [-0.1, -0.05) is 37.3 Å². The molecule has 1 heterocycles. The van der Waals surface area contributed by atoms with Crippen LogP contribution in [0.5, 0.6) is 0 Å². The highest BCUT2D eigenvalue weighted by atomic mass is 32.2. The molecular weight excluding hydrogens is 447 g/mol. The van der Waals surface area contributed by atoms with Crippen molar-refractivity contribution in [3.63, 3.8) is 0 Å². The number of carbonyl (C=O) groups excluding carboxylic acids is 1. The van der Waals surface area contributed by atoms with Crippen LogP contribution in [0.15, 0.2) is 23.2 Å². The number of benzene rings is 1. The summed E-state index contributed by atoms with van der Waals surface area (Å²) >= 11 is 1.36. The summed E-state index contributed by atoms with van der Waals surface area (Å²) in [5.74, 6) is 2.19. The van der Waals surface area contributed by atoms with Crippen molar-refractivity contribution in [3.8, 4) is 12.3 Å². The van der Waals surface area contributed by atoms with Gasteiger partial charge in [0, 0.05) is 38.8 Å². The van der Waals surface area contributed by atoms with Gasteiger partial charge in [0.2, 0.25) is 0 Å². The van der Waals surface area contributed by atoms with Crippen molar-refractivity contribution in [1.29, 1.82) is 0 Å². The molecule has 0 radical (unpaired) electrons. The number of nitrogens with one attached hydrogen (secondary N) is 1. The Labute approximate surface area is 194 Å². The van der Waals surface area contributed by atoms with Crippen molar-refractivity contribution in [1.82, 2.24) is 5.32 Å². The Morgan fingerprint density at radius 3 is 2.84 bits per heavy atom. The zero-order chi connectivity index (χ0) is 23.6. The minimum Gasteiger partial charge on any atom is -0.385 e. The molecule has 3 atom stereocenters. The van der Waals surface area contributed by atoms with Gasteiger partial charge in [0.25, 0.3) is 5.23 Å². The minimum atomic E-state index is -1.19. The highest BCUT2D eigenvalue weighted by Crippen LogP contribution is 2.66. The van der Waals surface area contributed by atoms with Gasteiger partial charge in [-0.05, 0) is 37.6 Å². The molecule has 0 bridgehead atoms. The number of halogens is 1. The van der Waals surface area contributed by atoms with E-state index >= 15 is 0 Å². The number of hydrogen-bond acceptors (Lipinski definition) is 6. The Kier molecular flexibility index (Phi) is 7.40. The summed E-state index contributed by atoms with van der Waals surface area (Å²) < 4.78 is 30.9. The van der Waals surface area contributed by atoms with E-state index in [1.165, 1.54) is 17.8 Å². The van der Waals surface area contributed by atoms with Crippen LogP contribution in [0.25, 0.3) is 0 Å². The summed E-state index contributed by atoms with van der Waals surface area (Å²) in [6, 6.07) is 5.58. The van der Waals surface area contributed by atoms with E-state index in [4.69, 9.17) is 20.6 Å². The molecule has 1 aromatic rings. The molecule has 0 spiro atoms. The van der Waals surface area contributed by atoms with Crippen LogP contribution in [0.1, 0.15) is 24.5 Å². The fraction of sp³-hybridized carbons (Fsp3) is 0.565. The molecule has 0 aromatic heterocycles. The number of carbonyl (C=O) groups is 1. The van der Waals surface area contributed by atoms with E-state index in [0.29, 0.717) is 24.3 Å². The van der Waals surface area contributed by atoms with Gasteiger partial charge in [0.1, 0.15) is 12.5 Å². The molecule has 1 saturated carbocycles. The number of fused-ring (bicyclic) bond motifs is 1.